The first-order chi connectivity index (χ1) is 17.5. The molecule has 1 unspecified atom stereocenters. The van der Waals surface area contributed by atoms with E-state index in [1.807, 2.05) is 85.8 Å². The Labute approximate surface area is 226 Å². The Morgan fingerprint density at radius 1 is 0.972 bits per heavy atom. The van der Waals surface area contributed by atoms with Crippen LogP contribution in [0.5, 0.6) is 5.75 Å². The Hall–Kier alpha value is -2.77. The summed E-state index contributed by atoms with van der Waals surface area (Å²) < 4.78 is 6.17. The van der Waals surface area contributed by atoms with Crippen LogP contribution >= 0.6 is 27.7 Å². The molecule has 3 rings (SSSR count). The molecular weight excluding hydrogens is 536 g/mol. The molecule has 0 aliphatic rings. The van der Waals surface area contributed by atoms with Crippen LogP contribution in [0, 0.1) is 0 Å². The van der Waals surface area contributed by atoms with Crippen LogP contribution in [0.3, 0.4) is 0 Å². The SMILES string of the molecule is CCCNC(=O)C(Cc1ccccc1)N(Cc1cccc(Br)c1)C(=O)CSCc1ccc(OC)cc1. The van der Waals surface area contributed by atoms with Crippen molar-refractivity contribution in [1.82, 2.24) is 10.2 Å². The summed E-state index contributed by atoms with van der Waals surface area (Å²) in [6.45, 7) is 2.96. The molecule has 0 radical (unpaired) electrons. The van der Waals surface area contributed by atoms with Crippen molar-refractivity contribution >= 4 is 39.5 Å². The number of hydrogen-bond acceptors (Lipinski definition) is 4. The third kappa shape index (κ3) is 8.71. The lowest BCUT2D eigenvalue weighted by molar-refractivity contribution is -0.139. The topological polar surface area (TPSA) is 58.6 Å². The van der Waals surface area contributed by atoms with Gasteiger partial charge in [0.25, 0.3) is 0 Å². The van der Waals surface area contributed by atoms with Crippen LogP contribution < -0.4 is 10.1 Å². The number of carbonyl (C=O) groups is 2. The quantitative estimate of drug-likeness (QED) is 0.280. The molecule has 2 amide bonds. The highest BCUT2D eigenvalue weighted by Gasteiger charge is 2.30. The van der Waals surface area contributed by atoms with Crippen LogP contribution in [-0.2, 0) is 28.3 Å². The first kappa shape index (κ1) is 27.8. The molecule has 0 bridgehead atoms. The van der Waals surface area contributed by atoms with Crippen molar-refractivity contribution in [3.05, 3.63) is 100 Å². The number of thioether (sulfide) groups is 1. The van der Waals surface area contributed by atoms with Gasteiger partial charge in [-0.3, -0.25) is 9.59 Å². The van der Waals surface area contributed by atoms with Gasteiger partial charge >= 0.3 is 0 Å². The van der Waals surface area contributed by atoms with Crippen molar-refractivity contribution in [1.29, 1.82) is 0 Å². The van der Waals surface area contributed by atoms with Crippen LogP contribution in [-0.4, -0.2) is 42.2 Å². The summed E-state index contributed by atoms with van der Waals surface area (Å²) in [6.07, 6.45) is 1.29. The highest BCUT2D eigenvalue weighted by atomic mass is 79.9. The molecule has 0 aliphatic heterocycles. The predicted molar refractivity (Wildman–Crippen MR) is 151 cm³/mol. The minimum atomic E-state index is -0.605. The molecule has 0 aliphatic carbocycles. The fourth-order valence-corrected chi connectivity index (χ4v) is 5.13. The highest BCUT2D eigenvalue weighted by molar-refractivity contribution is 9.10. The van der Waals surface area contributed by atoms with Crippen molar-refractivity contribution in [3.8, 4) is 5.75 Å². The lowest BCUT2D eigenvalue weighted by atomic mass is 10.0. The zero-order chi connectivity index (χ0) is 25.8. The number of hydrogen-bond donors (Lipinski definition) is 1. The Morgan fingerprint density at radius 2 is 1.69 bits per heavy atom. The van der Waals surface area contributed by atoms with E-state index in [4.69, 9.17) is 4.74 Å². The summed E-state index contributed by atoms with van der Waals surface area (Å²) in [5.41, 5.74) is 3.11. The molecule has 1 N–H and O–H groups in total. The third-order valence-corrected chi connectivity index (χ3v) is 7.20. The standard InChI is InChI=1S/C29H33BrN2O3S/c1-3-16-31-29(34)27(18-22-8-5-4-6-9-22)32(19-24-10-7-11-25(30)17-24)28(33)21-36-20-23-12-14-26(35-2)15-13-23/h4-15,17,27H,3,16,18-21H2,1-2H3,(H,31,34). The molecule has 1 atom stereocenters. The lowest BCUT2D eigenvalue weighted by Gasteiger charge is -2.31. The molecular formula is C29H33BrN2O3S. The first-order valence-electron chi connectivity index (χ1n) is 12.1. The molecule has 0 fully saturated rings. The van der Waals surface area contributed by atoms with Crippen molar-refractivity contribution in [3.63, 3.8) is 0 Å². The molecule has 5 nitrogen and oxygen atoms in total. The van der Waals surface area contributed by atoms with E-state index in [1.165, 1.54) is 0 Å². The fourth-order valence-electron chi connectivity index (χ4n) is 3.81. The molecule has 3 aromatic carbocycles. The van der Waals surface area contributed by atoms with E-state index in [0.717, 1.165) is 33.3 Å². The van der Waals surface area contributed by atoms with Gasteiger partial charge < -0.3 is 15.0 Å². The maximum absolute atomic E-state index is 13.6. The summed E-state index contributed by atoms with van der Waals surface area (Å²) in [5.74, 6) is 1.62. The number of amides is 2. The molecule has 190 valence electrons. The van der Waals surface area contributed by atoms with Gasteiger partial charge in [-0.2, -0.15) is 0 Å². The summed E-state index contributed by atoms with van der Waals surface area (Å²) in [5, 5.41) is 3.02. The number of halogens is 1. The monoisotopic (exact) mass is 568 g/mol. The normalized spacial score (nSPS) is 11.5. The number of ether oxygens (including phenoxy) is 1. The highest BCUT2D eigenvalue weighted by Crippen LogP contribution is 2.21. The van der Waals surface area contributed by atoms with Crippen molar-refractivity contribution in [2.24, 2.45) is 0 Å². The van der Waals surface area contributed by atoms with E-state index >= 15 is 0 Å². The molecule has 7 heteroatoms. The van der Waals surface area contributed by atoms with E-state index in [1.54, 1.807) is 23.8 Å². The van der Waals surface area contributed by atoms with Gasteiger partial charge in [0, 0.05) is 29.7 Å². The summed E-state index contributed by atoms with van der Waals surface area (Å²) in [6, 6.07) is 25.0. The van der Waals surface area contributed by atoms with E-state index < -0.39 is 6.04 Å². The van der Waals surface area contributed by atoms with Gasteiger partial charge in [-0.1, -0.05) is 77.5 Å². The maximum atomic E-state index is 13.6. The van der Waals surface area contributed by atoms with Crippen LogP contribution in [0.4, 0.5) is 0 Å². The zero-order valence-corrected chi connectivity index (χ0v) is 23.2. The number of carbonyl (C=O) groups excluding carboxylic acids is 2. The largest absolute Gasteiger partial charge is 0.497 e. The lowest BCUT2D eigenvalue weighted by Crippen LogP contribution is -2.51. The molecule has 36 heavy (non-hydrogen) atoms. The van der Waals surface area contributed by atoms with Gasteiger partial charge in [0.2, 0.25) is 11.8 Å². The fraction of sp³-hybridized carbons (Fsp3) is 0.310. The second-order valence-electron chi connectivity index (χ2n) is 8.49. The second kappa shape index (κ2) is 14.7. The Morgan fingerprint density at radius 3 is 2.36 bits per heavy atom. The molecule has 0 saturated carbocycles. The Balaban J connectivity index is 1.81. The zero-order valence-electron chi connectivity index (χ0n) is 20.8. The van der Waals surface area contributed by atoms with Crippen LogP contribution in [0.15, 0.2) is 83.3 Å². The number of nitrogens with one attached hydrogen (secondary N) is 1. The van der Waals surface area contributed by atoms with Crippen molar-refractivity contribution < 1.29 is 14.3 Å². The van der Waals surface area contributed by atoms with Crippen molar-refractivity contribution in [2.75, 3.05) is 19.4 Å². The van der Waals surface area contributed by atoms with Crippen LogP contribution in [0.2, 0.25) is 0 Å². The van der Waals surface area contributed by atoms with Crippen LogP contribution in [0.1, 0.15) is 30.0 Å². The van der Waals surface area contributed by atoms with Crippen LogP contribution in [0.25, 0.3) is 0 Å². The predicted octanol–water partition coefficient (Wildman–Crippen LogP) is 5.86. The van der Waals surface area contributed by atoms with E-state index in [-0.39, 0.29) is 17.6 Å². The van der Waals surface area contributed by atoms with E-state index in [2.05, 4.69) is 21.2 Å². The van der Waals surface area contributed by atoms with Crippen molar-refractivity contribution in [2.45, 2.75) is 38.1 Å². The van der Waals surface area contributed by atoms with Gasteiger partial charge in [0.05, 0.1) is 12.9 Å². The maximum Gasteiger partial charge on any atom is 0.243 e. The third-order valence-electron chi connectivity index (χ3n) is 5.72. The Kier molecular flexibility index (Phi) is 11.4. The van der Waals surface area contributed by atoms with Gasteiger partial charge in [-0.15, -0.1) is 11.8 Å². The van der Waals surface area contributed by atoms with E-state index in [9.17, 15) is 9.59 Å². The molecule has 0 aromatic heterocycles. The van der Waals surface area contributed by atoms with Gasteiger partial charge in [-0.05, 0) is 47.4 Å². The smallest absolute Gasteiger partial charge is 0.243 e. The number of rotatable bonds is 13. The minimum absolute atomic E-state index is 0.0546. The molecule has 0 spiro atoms. The molecule has 3 aromatic rings. The Bertz CT molecular complexity index is 1110. The summed E-state index contributed by atoms with van der Waals surface area (Å²) in [4.78, 5) is 28.7. The average Bonchev–Trinajstić information content (AvgIpc) is 2.90. The first-order valence-corrected chi connectivity index (χ1v) is 14.0. The van der Waals surface area contributed by atoms with Gasteiger partial charge in [0.1, 0.15) is 11.8 Å². The number of nitrogens with zero attached hydrogens (tertiary/aromatic N) is 1. The van der Waals surface area contributed by atoms with Gasteiger partial charge in [0.15, 0.2) is 0 Å². The average molecular weight is 570 g/mol. The second-order valence-corrected chi connectivity index (χ2v) is 10.4. The summed E-state index contributed by atoms with van der Waals surface area (Å²) in [7, 11) is 1.64. The van der Waals surface area contributed by atoms with E-state index in [0.29, 0.717) is 25.3 Å². The molecule has 0 saturated heterocycles. The summed E-state index contributed by atoms with van der Waals surface area (Å²) >= 11 is 5.08. The molecule has 0 heterocycles. The minimum Gasteiger partial charge on any atom is -0.497 e. The van der Waals surface area contributed by atoms with Gasteiger partial charge in [-0.25, -0.2) is 0 Å². The number of methoxy groups -OCH3 is 1. The number of benzene rings is 3.